The smallest absolute Gasteiger partial charge is 0.115 e. The summed E-state index contributed by atoms with van der Waals surface area (Å²) in [6, 6.07) is 7.22. The predicted molar refractivity (Wildman–Crippen MR) is 61.8 cm³/mol. The third kappa shape index (κ3) is 4.34. The van der Waals surface area contributed by atoms with Crippen molar-refractivity contribution in [3.05, 3.63) is 29.8 Å². The van der Waals surface area contributed by atoms with Crippen LogP contribution in [0, 0.1) is 11.8 Å². The van der Waals surface area contributed by atoms with E-state index in [1.165, 1.54) is 5.56 Å². The van der Waals surface area contributed by atoms with Crippen LogP contribution in [-0.2, 0) is 6.42 Å². The van der Waals surface area contributed by atoms with Gasteiger partial charge < -0.3 is 10.2 Å². The van der Waals surface area contributed by atoms with Gasteiger partial charge in [0.05, 0.1) is 0 Å². The molecule has 1 aromatic carbocycles. The summed E-state index contributed by atoms with van der Waals surface area (Å²) in [6.45, 7) is 4.57. The topological polar surface area (TPSA) is 40.5 Å². The van der Waals surface area contributed by atoms with Crippen molar-refractivity contribution in [2.24, 2.45) is 11.8 Å². The van der Waals surface area contributed by atoms with Crippen LogP contribution >= 0.6 is 0 Å². The average molecular weight is 208 g/mol. The van der Waals surface area contributed by atoms with Crippen molar-refractivity contribution in [1.29, 1.82) is 0 Å². The van der Waals surface area contributed by atoms with E-state index in [-0.39, 0.29) is 6.61 Å². The number of aromatic hydroxyl groups is 1. The Morgan fingerprint density at radius 3 is 2.20 bits per heavy atom. The van der Waals surface area contributed by atoms with Gasteiger partial charge in [-0.05, 0) is 42.4 Å². The van der Waals surface area contributed by atoms with E-state index in [1.54, 1.807) is 12.1 Å². The molecule has 0 saturated carbocycles. The fourth-order valence-electron chi connectivity index (χ4n) is 1.85. The van der Waals surface area contributed by atoms with Crippen molar-refractivity contribution >= 4 is 0 Å². The summed E-state index contributed by atoms with van der Waals surface area (Å²) < 4.78 is 0. The lowest BCUT2D eigenvalue weighted by Gasteiger charge is -2.16. The number of rotatable bonds is 5. The molecule has 1 rings (SSSR count). The van der Waals surface area contributed by atoms with Crippen LogP contribution in [0.3, 0.4) is 0 Å². The molecular formula is C13H20O2. The minimum Gasteiger partial charge on any atom is -0.508 e. The third-order valence-corrected chi connectivity index (χ3v) is 2.52. The van der Waals surface area contributed by atoms with Crippen LogP contribution < -0.4 is 0 Å². The van der Waals surface area contributed by atoms with Crippen LogP contribution in [0.15, 0.2) is 24.3 Å². The fraction of sp³-hybridized carbons (Fsp3) is 0.538. The van der Waals surface area contributed by atoms with E-state index >= 15 is 0 Å². The van der Waals surface area contributed by atoms with Gasteiger partial charge in [0.25, 0.3) is 0 Å². The summed E-state index contributed by atoms with van der Waals surface area (Å²) in [4.78, 5) is 0. The second-order valence-corrected chi connectivity index (χ2v) is 4.55. The highest BCUT2D eigenvalue weighted by molar-refractivity contribution is 5.26. The number of hydrogen-bond acceptors (Lipinski definition) is 2. The Labute approximate surface area is 91.6 Å². The van der Waals surface area contributed by atoms with Gasteiger partial charge in [-0.15, -0.1) is 0 Å². The van der Waals surface area contributed by atoms with Gasteiger partial charge in [0, 0.05) is 6.61 Å². The largest absolute Gasteiger partial charge is 0.508 e. The van der Waals surface area contributed by atoms with Crippen LogP contribution in [0.5, 0.6) is 5.75 Å². The molecule has 0 aliphatic carbocycles. The Balaban J connectivity index is 2.54. The molecule has 0 aromatic heterocycles. The predicted octanol–water partition coefficient (Wildman–Crippen LogP) is 2.59. The maximum Gasteiger partial charge on any atom is 0.115 e. The molecule has 2 nitrogen and oxygen atoms in total. The van der Waals surface area contributed by atoms with Crippen molar-refractivity contribution in [1.82, 2.24) is 0 Å². The van der Waals surface area contributed by atoms with Crippen molar-refractivity contribution in [3.8, 4) is 5.75 Å². The number of aliphatic hydroxyl groups is 1. The Bertz CT molecular complexity index is 277. The minimum absolute atomic E-state index is 0.235. The Morgan fingerprint density at radius 2 is 1.73 bits per heavy atom. The first-order valence-electron chi connectivity index (χ1n) is 5.50. The molecule has 0 saturated heterocycles. The summed E-state index contributed by atoms with van der Waals surface area (Å²) >= 11 is 0. The van der Waals surface area contributed by atoms with E-state index in [9.17, 15) is 5.11 Å². The van der Waals surface area contributed by atoms with Crippen LogP contribution in [0.2, 0.25) is 0 Å². The zero-order valence-electron chi connectivity index (χ0n) is 9.48. The van der Waals surface area contributed by atoms with E-state index in [0.717, 1.165) is 12.8 Å². The SMILES string of the molecule is CC(C)CC(CO)Cc1ccc(O)cc1. The number of hydrogen-bond donors (Lipinski definition) is 2. The average Bonchev–Trinajstić information content (AvgIpc) is 2.19. The molecule has 0 fully saturated rings. The highest BCUT2D eigenvalue weighted by Gasteiger charge is 2.10. The molecule has 0 heterocycles. The van der Waals surface area contributed by atoms with Crippen LogP contribution in [-0.4, -0.2) is 16.8 Å². The van der Waals surface area contributed by atoms with Gasteiger partial charge in [-0.2, -0.15) is 0 Å². The molecule has 1 aromatic rings. The Morgan fingerprint density at radius 1 is 1.13 bits per heavy atom. The van der Waals surface area contributed by atoms with E-state index in [1.807, 2.05) is 12.1 Å². The standard InChI is InChI=1S/C13H20O2/c1-10(2)7-12(9-14)8-11-3-5-13(15)6-4-11/h3-6,10,12,14-15H,7-9H2,1-2H3. The van der Waals surface area contributed by atoms with Crippen LogP contribution in [0.25, 0.3) is 0 Å². The second kappa shape index (κ2) is 5.76. The normalized spacial score (nSPS) is 13.1. The molecular weight excluding hydrogens is 188 g/mol. The van der Waals surface area contributed by atoms with E-state index < -0.39 is 0 Å². The number of aliphatic hydroxyl groups excluding tert-OH is 1. The quantitative estimate of drug-likeness (QED) is 0.780. The molecule has 0 aliphatic heterocycles. The first-order chi connectivity index (χ1) is 7.11. The molecule has 2 N–H and O–H groups in total. The monoisotopic (exact) mass is 208 g/mol. The van der Waals surface area contributed by atoms with Gasteiger partial charge in [0.2, 0.25) is 0 Å². The first-order valence-corrected chi connectivity index (χ1v) is 5.50. The second-order valence-electron chi connectivity index (χ2n) is 4.55. The van der Waals surface area contributed by atoms with Crippen LogP contribution in [0.4, 0.5) is 0 Å². The van der Waals surface area contributed by atoms with E-state index in [4.69, 9.17) is 5.11 Å². The number of benzene rings is 1. The molecule has 0 bridgehead atoms. The van der Waals surface area contributed by atoms with Crippen molar-refractivity contribution < 1.29 is 10.2 Å². The maximum atomic E-state index is 9.24. The Kier molecular flexibility index (Phi) is 4.63. The van der Waals surface area contributed by atoms with Crippen LogP contribution in [0.1, 0.15) is 25.8 Å². The first kappa shape index (κ1) is 12.1. The molecule has 1 unspecified atom stereocenters. The summed E-state index contributed by atoms with van der Waals surface area (Å²) in [6.07, 6.45) is 1.92. The molecule has 84 valence electrons. The summed E-state index contributed by atoms with van der Waals surface area (Å²) in [5, 5.41) is 18.4. The van der Waals surface area contributed by atoms with Gasteiger partial charge in [0.15, 0.2) is 0 Å². The highest BCUT2D eigenvalue weighted by atomic mass is 16.3. The minimum atomic E-state index is 0.235. The highest BCUT2D eigenvalue weighted by Crippen LogP contribution is 2.18. The van der Waals surface area contributed by atoms with Crippen molar-refractivity contribution in [3.63, 3.8) is 0 Å². The van der Waals surface area contributed by atoms with Crippen molar-refractivity contribution in [2.45, 2.75) is 26.7 Å². The molecule has 0 aliphatic rings. The van der Waals surface area contributed by atoms with E-state index in [0.29, 0.717) is 17.6 Å². The van der Waals surface area contributed by atoms with Gasteiger partial charge >= 0.3 is 0 Å². The lowest BCUT2D eigenvalue weighted by atomic mass is 9.92. The summed E-state index contributed by atoms with van der Waals surface area (Å²) in [7, 11) is 0. The zero-order valence-corrected chi connectivity index (χ0v) is 9.48. The molecule has 0 radical (unpaired) electrons. The third-order valence-electron chi connectivity index (χ3n) is 2.52. The van der Waals surface area contributed by atoms with Gasteiger partial charge in [-0.3, -0.25) is 0 Å². The zero-order chi connectivity index (χ0) is 11.3. The van der Waals surface area contributed by atoms with Crippen molar-refractivity contribution in [2.75, 3.05) is 6.61 Å². The summed E-state index contributed by atoms with van der Waals surface area (Å²) in [5.41, 5.74) is 1.17. The van der Waals surface area contributed by atoms with Gasteiger partial charge in [-0.25, -0.2) is 0 Å². The lowest BCUT2D eigenvalue weighted by molar-refractivity contribution is 0.205. The molecule has 15 heavy (non-hydrogen) atoms. The fourth-order valence-corrected chi connectivity index (χ4v) is 1.85. The van der Waals surface area contributed by atoms with Gasteiger partial charge in [0.1, 0.15) is 5.75 Å². The molecule has 0 spiro atoms. The molecule has 2 heteroatoms. The molecule has 0 amide bonds. The van der Waals surface area contributed by atoms with Gasteiger partial charge in [-0.1, -0.05) is 26.0 Å². The Hall–Kier alpha value is -1.02. The number of phenols is 1. The maximum absolute atomic E-state index is 9.24. The lowest BCUT2D eigenvalue weighted by Crippen LogP contribution is -2.12. The number of phenolic OH excluding ortho intramolecular Hbond substituents is 1. The summed E-state index contributed by atoms with van der Waals surface area (Å²) in [5.74, 6) is 1.23. The van der Waals surface area contributed by atoms with E-state index in [2.05, 4.69) is 13.8 Å². The molecule has 1 atom stereocenters.